The van der Waals surface area contributed by atoms with E-state index in [2.05, 4.69) is 10.6 Å². The van der Waals surface area contributed by atoms with E-state index in [1.54, 1.807) is 60.5 Å². The standard InChI is InChI=1S/C35H35FN4O5S/c1-39(35(45)31-9-5-20-46-31)29-8-3-2-7-25(29)34(44)40-18-4-10-32(42)37-17-15-23-11-14-30(41)26(21-23)24-12-13-28(36)27(22-24)33(43)38-16-6-19-40/h2-3,5,7-9,11-14,20-22,41H,4,6,10,15-19H2,1H3,(H,37,42)(H,38,43). The number of benzene rings is 3. The molecule has 9 nitrogen and oxygen atoms in total. The highest BCUT2D eigenvalue weighted by molar-refractivity contribution is 7.12. The summed E-state index contributed by atoms with van der Waals surface area (Å²) in [4.78, 5) is 56.4. The first-order chi connectivity index (χ1) is 22.2. The van der Waals surface area contributed by atoms with E-state index < -0.39 is 11.7 Å². The summed E-state index contributed by atoms with van der Waals surface area (Å²) in [5, 5.41) is 18.0. The van der Waals surface area contributed by atoms with E-state index in [-0.39, 0.29) is 55.1 Å². The van der Waals surface area contributed by atoms with Gasteiger partial charge in [0.1, 0.15) is 11.6 Å². The first-order valence-electron chi connectivity index (χ1n) is 15.1. The average Bonchev–Trinajstić information content (AvgIpc) is 3.61. The Morgan fingerprint density at radius 1 is 0.891 bits per heavy atom. The molecule has 0 unspecified atom stereocenters. The molecule has 238 valence electrons. The molecule has 0 fully saturated rings. The number of fused-ring (bicyclic) bond motifs is 5. The van der Waals surface area contributed by atoms with Crippen LogP contribution in [-0.2, 0) is 11.2 Å². The van der Waals surface area contributed by atoms with Crippen LogP contribution >= 0.6 is 11.3 Å². The van der Waals surface area contributed by atoms with Gasteiger partial charge in [0, 0.05) is 45.2 Å². The summed E-state index contributed by atoms with van der Waals surface area (Å²) in [5.74, 6) is -2.01. The molecule has 0 saturated heterocycles. The van der Waals surface area contributed by atoms with Gasteiger partial charge in [-0.05, 0) is 78.2 Å². The number of halogens is 1. The minimum atomic E-state index is -0.694. The first kappa shape index (κ1) is 32.4. The molecule has 3 N–H and O–H groups in total. The Kier molecular flexibility index (Phi) is 10.4. The van der Waals surface area contributed by atoms with Crippen LogP contribution in [0.15, 0.2) is 78.2 Å². The predicted octanol–water partition coefficient (Wildman–Crippen LogP) is 5.25. The highest BCUT2D eigenvalue weighted by Gasteiger charge is 2.24. The second-order valence-corrected chi connectivity index (χ2v) is 12.0. The van der Waals surface area contributed by atoms with Crippen molar-refractivity contribution in [3.63, 3.8) is 0 Å². The zero-order valence-electron chi connectivity index (χ0n) is 25.4. The number of hydrogen-bond acceptors (Lipinski definition) is 6. The molecule has 1 aliphatic rings. The fourth-order valence-corrected chi connectivity index (χ4v) is 6.07. The summed E-state index contributed by atoms with van der Waals surface area (Å²) in [6.07, 6.45) is 1.45. The van der Waals surface area contributed by atoms with Crippen molar-refractivity contribution in [2.45, 2.75) is 25.7 Å². The fraction of sp³-hybridized carbons (Fsp3) is 0.257. The number of phenols is 1. The number of thiophene rings is 1. The van der Waals surface area contributed by atoms with Crippen LogP contribution in [0.4, 0.5) is 10.1 Å². The minimum Gasteiger partial charge on any atom is -0.507 e. The van der Waals surface area contributed by atoms with Crippen molar-refractivity contribution < 1.29 is 28.7 Å². The highest BCUT2D eigenvalue weighted by Crippen LogP contribution is 2.31. The van der Waals surface area contributed by atoms with Crippen molar-refractivity contribution in [1.82, 2.24) is 15.5 Å². The minimum absolute atomic E-state index is 0.00921. The largest absolute Gasteiger partial charge is 0.507 e. The summed E-state index contributed by atoms with van der Waals surface area (Å²) in [6, 6.07) is 19.5. The maximum absolute atomic E-state index is 14.8. The van der Waals surface area contributed by atoms with Crippen molar-refractivity contribution in [2.75, 3.05) is 38.1 Å². The average molecular weight is 643 g/mol. The van der Waals surface area contributed by atoms with Gasteiger partial charge in [-0.25, -0.2) is 4.39 Å². The molecule has 1 aliphatic heterocycles. The lowest BCUT2D eigenvalue weighted by molar-refractivity contribution is -0.121. The lowest BCUT2D eigenvalue weighted by Gasteiger charge is -2.26. The van der Waals surface area contributed by atoms with Gasteiger partial charge in [-0.2, -0.15) is 0 Å². The number of para-hydroxylation sites is 1. The second-order valence-electron chi connectivity index (χ2n) is 11.0. The van der Waals surface area contributed by atoms with Crippen molar-refractivity contribution in [1.29, 1.82) is 0 Å². The Labute approximate surface area is 270 Å². The summed E-state index contributed by atoms with van der Waals surface area (Å²) >= 11 is 1.32. The number of nitrogens with zero attached hydrogens (tertiary/aromatic N) is 2. The normalized spacial score (nSPS) is 14.7. The van der Waals surface area contributed by atoms with E-state index >= 15 is 0 Å². The number of carbonyl (C=O) groups excluding carboxylic acids is 4. The lowest BCUT2D eigenvalue weighted by Crippen LogP contribution is -2.37. The fourth-order valence-electron chi connectivity index (χ4n) is 5.38. The molecule has 4 aromatic rings. The van der Waals surface area contributed by atoms with E-state index in [1.165, 1.54) is 40.5 Å². The van der Waals surface area contributed by atoms with Crippen LogP contribution in [0.1, 0.15) is 55.2 Å². The Morgan fingerprint density at radius 3 is 2.50 bits per heavy atom. The van der Waals surface area contributed by atoms with Crippen LogP contribution < -0.4 is 15.5 Å². The van der Waals surface area contributed by atoms with Crippen LogP contribution in [0.3, 0.4) is 0 Å². The molecule has 2 heterocycles. The smallest absolute Gasteiger partial charge is 0.268 e. The highest BCUT2D eigenvalue weighted by atomic mass is 32.1. The van der Waals surface area contributed by atoms with Gasteiger partial charge in [0.05, 0.1) is 21.7 Å². The van der Waals surface area contributed by atoms with E-state index in [0.717, 1.165) is 5.56 Å². The summed E-state index contributed by atoms with van der Waals surface area (Å²) in [6.45, 7) is 1.04. The van der Waals surface area contributed by atoms with E-state index in [4.69, 9.17) is 0 Å². The second kappa shape index (κ2) is 14.8. The number of nitrogens with one attached hydrogen (secondary N) is 2. The summed E-state index contributed by atoms with van der Waals surface area (Å²) in [7, 11) is 1.63. The zero-order chi connectivity index (χ0) is 32.6. The number of carbonyl (C=O) groups is 4. The Bertz CT molecular complexity index is 1740. The third kappa shape index (κ3) is 7.60. The maximum atomic E-state index is 14.8. The molecule has 0 spiro atoms. The van der Waals surface area contributed by atoms with Crippen molar-refractivity contribution in [3.8, 4) is 16.9 Å². The van der Waals surface area contributed by atoms with E-state index in [9.17, 15) is 28.7 Å². The van der Waals surface area contributed by atoms with Gasteiger partial charge >= 0.3 is 0 Å². The van der Waals surface area contributed by atoms with Crippen LogP contribution in [0, 0.1) is 5.82 Å². The quantitative estimate of drug-likeness (QED) is 0.282. The number of amides is 4. The van der Waals surface area contributed by atoms with Gasteiger partial charge in [-0.1, -0.05) is 30.3 Å². The summed E-state index contributed by atoms with van der Waals surface area (Å²) in [5.41, 5.74) is 2.41. The Morgan fingerprint density at radius 2 is 1.70 bits per heavy atom. The monoisotopic (exact) mass is 642 g/mol. The van der Waals surface area contributed by atoms with E-state index in [1.807, 2.05) is 5.38 Å². The molecule has 0 radical (unpaired) electrons. The third-order valence-corrected chi connectivity index (χ3v) is 8.72. The molecule has 11 heteroatoms. The molecular weight excluding hydrogens is 607 g/mol. The Balaban J connectivity index is 1.37. The topological polar surface area (TPSA) is 119 Å². The van der Waals surface area contributed by atoms with Gasteiger partial charge in [0.2, 0.25) is 5.91 Å². The SMILES string of the molecule is CN(C(=O)c1cccs1)c1ccccc1C(=O)N1CCCNC(=O)c2cc(ccc2F)-c2cc(ccc2O)CCNC(=O)CCC1. The van der Waals surface area contributed by atoms with Crippen molar-refractivity contribution in [3.05, 3.63) is 106 Å². The number of aromatic hydroxyl groups is 1. The lowest BCUT2D eigenvalue weighted by atomic mass is 9.98. The molecule has 4 amide bonds. The van der Waals surface area contributed by atoms with Crippen molar-refractivity contribution in [2.24, 2.45) is 0 Å². The van der Waals surface area contributed by atoms with Crippen LogP contribution in [0.2, 0.25) is 0 Å². The van der Waals surface area contributed by atoms with Gasteiger partial charge in [-0.15, -0.1) is 11.3 Å². The molecule has 4 bridgehead atoms. The third-order valence-electron chi connectivity index (χ3n) is 7.86. The first-order valence-corrected chi connectivity index (χ1v) is 16.0. The number of rotatable bonds is 3. The molecule has 1 aromatic heterocycles. The van der Waals surface area contributed by atoms with Gasteiger partial charge in [-0.3, -0.25) is 19.2 Å². The molecule has 5 rings (SSSR count). The van der Waals surface area contributed by atoms with Gasteiger partial charge in [0.15, 0.2) is 0 Å². The molecule has 46 heavy (non-hydrogen) atoms. The number of anilines is 1. The number of phenolic OH excluding ortho intramolecular Hbond substituents is 1. The Hall–Kier alpha value is -5.03. The van der Waals surface area contributed by atoms with Crippen molar-refractivity contribution >= 4 is 40.7 Å². The molecular formula is C35H35FN4O5S. The van der Waals surface area contributed by atoms with Crippen LogP contribution in [-0.4, -0.2) is 66.9 Å². The van der Waals surface area contributed by atoms with E-state index in [0.29, 0.717) is 53.1 Å². The molecule has 0 saturated carbocycles. The zero-order valence-corrected chi connectivity index (χ0v) is 26.2. The summed E-state index contributed by atoms with van der Waals surface area (Å²) < 4.78 is 14.8. The predicted molar refractivity (Wildman–Crippen MR) is 176 cm³/mol. The van der Waals surface area contributed by atoms with Gasteiger partial charge < -0.3 is 25.5 Å². The molecule has 0 atom stereocenters. The molecule has 3 aromatic carbocycles. The van der Waals surface area contributed by atoms with Crippen LogP contribution in [0.5, 0.6) is 5.75 Å². The molecule has 0 aliphatic carbocycles. The van der Waals surface area contributed by atoms with Crippen LogP contribution in [0.25, 0.3) is 11.1 Å². The van der Waals surface area contributed by atoms with Gasteiger partial charge in [0.25, 0.3) is 17.7 Å². The maximum Gasteiger partial charge on any atom is 0.268 e. The number of hydrogen-bond donors (Lipinski definition) is 3.